The summed E-state index contributed by atoms with van der Waals surface area (Å²) in [6.45, 7) is 0.503. The van der Waals surface area contributed by atoms with Crippen LogP contribution in [-0.4, -0.2) is 16.6 Å². The fourth-order valence-electron chi connectivity index (χ4n) is 0.910. The molecule has 1 aromatic heterocycles. The molecule has 0 radical (unpaired) electrons. The predicted molar refractivity (Wildman–Crippen MR) is 42.9 cm³/mol. The minimum Gasteiger partial charge on any atom is -0.388 e. The van der Waals surface area contributed by atoms with E-state index in [1.54, 1.807) is 24.5 Å². The number of nitrogens with two attached hydrogens (primary N) is 1. The predicted octanol–water partition coefficient (Wildman–Crippen LogP) is 0.464. The van der Waals surface area contributed by atoms with Gasteiger partial charge in [0, 0.05) is 12.4 Å². The number of pyridine rings is 1. The first-order chi connectivity index (χ1) is 5.34. The van der Waals surface area contributed by atoms with Gasteiger partial charge in [-0.1, -0.05) is 0 Å². The highest BCUT2D eigenvalue weighted by Crippen LogP contribution is 2.13. The van der Waals surface area contributed by atoms with E-state index < -0.39 is 6.10 Å². The van der Waals surface area contributed by atoms with Crippen LogP contribution < -0.4 is 5.73 Å². The molecule has 1 rings (SSSR count). The van der Waals surface area contributed by atoms with E-state index in [9.17, 15) is 5.11 Å². The fraction of sp³-hybridized carbons (Fsp3) is 0.375. The molecule has 1 aromatic rings. The van der Waals surface area contributed by atoms with Gasteiger partial charge < -0.3 is 10.8 Å². The van der Waals surface area contributed by atoms with Crippen molar-refractivity contribution in [3.05, 3.63) is 30.1 Å². The molecule has 3 N–H and O–H groups in total. The van der Waals surface area contributed by atoms with Crippen molar-refractivity contribution in [1.82, 2.24) is 4.98 Å². The summed E-state index contributed by atoms with van der Waals surface area (Å²) in [4.78, 5) is 3.85. The maximum atomic E-state index is 9.41. The van der Waals surface area contributed by atoms with Gasteiger partial charge in [0.25, 0.3) is 0 Å². The molecule has 0 aliphatic rings. The van der Waals surface area contributed by atoms with E-state index in [1.165, 1.54) is 0 Å². The zero-order valence-corrected chi connectivity index (χ0v) is 6.27. The van der Waals surface area contributed by atoms with Crippen LogP contribution in [0.15, 0.2) is 24.5 Å². The summed E-state index contributed by atoms with van der Waals surface area (Å²) in [5.74, 6) is 0. The topological polar surface area (TPSA) is 59.1 Å². The number of rotatable bonds is 3. The van der Waals surface area contributed by atoms with Gasteiger partial charge in [-0.05, 0) is 30.7 Å². The SMILES string of the molecule is NCC[C@@H](O)c1ccncc1. The zero-order valence-electron chi connectivity index (χ0n) is 6.27. The first-order valence-corrected chi connectivity index (χ1v) is 3.62. The molecule has 0 unspecified atom stereocenters. The summed E-state index contributed by atoms with van der Waals surface area (Å²) in [5.41, 5.74) is 6.17. The third-order valence-electron chi connectivity index (χ3n) is 1.53. The van der Waals surface area contributed by atoms with Gasteiger partial charge in [-0.2, -0.15) is 0 Å². The second-order valence-electron chi connectivity index (χ2n) is 2.37. The molecule has 3 heteroatoms. The Morgan fingerprint density at radius 1 is 1.45 bits per heavy atom. The summed E-state index contributed by atoms with van der Waals surface area (Å²) < 4.78 is 0. The molecule has 60 valence electrons. The van der Waals surface area contributed by atoms with Gasteiger partial charge in [0.05, 0.1) is 6.10 Å². The zero-order chi connectivity index (χ0) is 8.10. The highest BCUT2D eigenvalue weighted by molar-refractivity contribution is 5.12. The maximum absolute atomic E-state index is 9.41. The summed E-state index contributed by atoms with van der Waals surface area (Å²) >= 11 is 0. The third-order valence-corrected chi connectivity index (χ3v) is 1.53. The van der Waals surface area contributed by atoms with Gasteiger partial charge >= 0.3 is 0 Å². The lowest BCUT2D eigenvalue weighted by Crippen LogP contribution is -2.06. The number of aliphatic hydroxyl groups excluding tert-OH is 1. The molecule has 1 atom stereocenters. The number of nitrogens with zero attached hydrogens (tertiary/aromatic N) is 1. The first kappa shape index (κ1) is 8.17. The van der Waals surface area contributed by atoms with Crippen LogP contribution in [0.25, 0.3) is 0 Å². The highest BCUT2D eigenvalue weighted by atomic mass is 16.3. The lowest BCUT2D eigenvalue weighted by molar-refractivity contribution is 0.170. The normalized spacial score (nSPS) is 12.9. The van der Waals surface area contributed by atoms with Crippen molar-refractivity contribution in [3.8, 4) is 0 Å². The fourth-order valence-corrected chi connectivity index (χ4v) is 0.910. The van der Waals surface area contributed by atoms with E-state index in [4.69, 9.17) is 5.73 Å². The molecule has 0 saturated heterocycles. The number of hydrogen-bond acceptors (Lipinski definition) is 3. The Bertz CT molecular complexity index is 201. The molecule has 0 aliphatic heterocycles. The van der Waals surface area contributed by atoms with Gasteiger partial charge in [-0.25, -0.2) is 0 Å². The van der Waals surface area contributed by atoms with Gasteiger partial charge in [0.2, 0.25) is 0 Å². The summed E-state index contributed by atoms with van der Waals surface area (Å²) in [6.07, 6.45) is 3.48. The van der Waals surface area contributed by atoms with Crippen molar-refractivity contribution < 1.29 is 5.11 Å². The minimum absolute atomic E-state index is 0.442. The van der Waals surface area contributed by atoms with Gasteiger partial charge in [-0.15, -0.1) is 0 Å². The molecule has 0 spiro atoms. The Hall–Kier alpha value is -0.930. The van der Waals surface area contributed by atoms with E-state index in [2.05, 4.69) is 4.98 Å². The summed E-state index contributed by atoms with van der Waals surface area (Å²) in [5, 5.41) is 9.41. The molecule has 11 heavy (non-hydrogen) atoms. The average molecular weight is 152 g/mol. The van der Waals surface area contributed by atoms with Gasteiger partial charge in [0.15, 0.2) is 0 Å². The maximum Gasteiger partial charge on any atom is 0.0803 e. The van der Waals surface area contributed by atoms with Crippen molar-refractivity contribution in [1.29, 1.82) is 0 Å². The van der Waals surface area contributed by atoms with Crippen LogP contribution in [0.2, 0.25) is 0 Å². The Labute approximate surface area is 65.9 Å². The molecule has 0 aliphatic carbocycles. The van der Waals surface area contributed by atoms with Crippen molar-refractivity contribution in [2.75, 3.05) is 6.54 Å². The largest absolute Gasteiger partial charge is 0.388 e. The van der Waals surface area contributed by atoms with E-state index >= 15 is 0 Å². The van der Waals surface area contributed by atoms with E-state index in [-0.39, 0.29) is 0 Å². The lowest BCUT2D eigenvalue weighted by atomic mass is 10.1. The first-order valence-electron chi connectivity index (χ1n) is 3.62. The van der Waals surface area contributed by atoms with Crippen molar-refractivity contribution >= 4 is 0 Å². The van der Waals surface area contributed by atoms with Crippen LogP contribution in [0.1, 0.15) is 18.1 Å². The molecule has 0 fully saturated rings. The van der Waals surface area contributed by atoms with Crippen LogP contribution in [0.4, 0.5) is 0 Å². The van der Waals surface area contributed by atoms with Gasteiger partial charge in [0.1, 0.15) is 0 Å². The number of hydrogen-bond donors (Lipinski definition) is 2. The van der Waals surface area contributed by atoms with Crippen LogP contribution in [0, 0.1) is 0 Å². The van der Waals surface area contributed by atoms with Crippen LogP contribution in [-0.2, 0) is 0 Å². The van der Waals surface area contributed by atoms with E-state index in [1.807, 2.05) is 0 Å². The van der Waals surface area contributed by atoms with Crippen LogP contribution in [0.5, 0.6) is 0 Å². The molecule has 1 heterocycles. The second kappa shape index (κ2) is 4.05. The van der Waals surface area contributed by atoms with E-state index in [0.717, 1.165) is 5.56 Å². The summed E-state index contributed by atoms with van der Waals surface area (Å²) in [6, 6.07) is 3.58. The molecule has 0 bridgehead atoms. The van der Waals surface area contributed by atoms with Crippen molar-refractivity contribution in [3.63, 3.8) is 0 Å². The minimum atomic E-state index is -0.442. The molecule has 3 nitrogen and oxygen atoms in total. The van der Waals surface area contributed by atoms with Crippen LogP contribution >= 0.6 is 0 Å². The second-order valence-corrected chi connectivity index (χ2v) is 2.37. The van der Waals surface area contributed by atoms with Crippen molar-refractivity contribution in [2.24, 2.45) is 5.73 Å². The van der Waals surface area contributed by atoms with Crippen molar-refractivity contribution in [2.45, 2.75) is 12.5 Å². The molecule has 0 aromatic carbocycles. The smallest absolute Gasteiger partial charge is 0.0803 e. The van der Waals surface area contributed by atoms with Gasteiger partial charge in [-0.3, -0.25) is 4.98 Å². The number of aromatic nitrogens is 1. The quantitative estimate of drug-likeness (QED) is 0.661. The Morgan fingerprint density at radius 3 is 2.64 bits per heavy atom. The Morgan fingerprint density at radius 2 is 2.09 bits per heavy atom. The third kappa shape index (κ3) is 2.29. The monoisotopic (exact) mass is 152 g/mol. The number of aliphatic hydroxyl groups is 1. The lowest BCUT2D eigenvalue weighted by Gasteiger charge is -2.07. The molecule has 0 saturated carbocycles. The van der Waals surface area contributed by atoms with Crippen LogP contribution in [0.3, 0.4) is 0 Å². The summed E-state index contributed by atoms with van der Waals surface area (Å²) in [7, 11) is 0. The Kier molecular flexibility index (Phi) is 3.01. The molecular formula is C8H12N2O. The average Bonchev–Trinajstić information content (AvgIpc) is 2.07. The molecular weight excluding hydrogens is 140 g/mol. The standard InChI is InChI=1S/C8H12N2O/c9-4-1-8(11)7-2-5-10-6-3-7/h2-3,5-6,8,11H,1,4,9H2/t8-/m1/s1. The van der Waals surface area contributed by atoms with E-state index in [0.29, 0.717) is 13.0 Å². The molecule has 0 amide bonds. The highest BCUT2D eigenvalue weighted by Gasteiger charge is 2.03. The Balaban J connectivity index is 2.61.